The molecule has 0 saturated carbocycles. The second-order valence-corrected chi connectivity index (χ2v) is 10.8. The quantitative estimate of drug-likeness (QED) is 0.0951. The number of rotatable bonds is 27. The molecule has 0 saturated heterocycles. The number of unbranched alkanes of at least 4 members (excludes halogenated alkanes) is 21. The first kappa shape index (κ1) is 32.1. The minimum atomic E-state index is -2.81. The van der Waals surface area contributed by atoms with E-state index >= 15 is 0 Å². The fraction of sp³-hybridized carbons (Fsp3) is 1.00. The molecule has 0 amide bonds. The summed E-state index contributed by atoms with van der Waals surface area (Å²) in [5, 5.41) is 0. The average Bonchev–Trinajstić information content (AvgIpc) is 2.77. The van der Waals surface area contributed by atoms with Gasteiger partial charge in [0, 0.05) is 0 Å². The molecule has 0 aromatic heterocycles. The summed E-state index contributed by atoms with van der Waals surface area (Å²) in [6.45, 7) is 4.55. The van der Waals surface area contributed by atoms with Crippen molar-refractivity contribution < 1.29 is 14.0 Å². The lowest BCUT2D eigenvalue weighted by molar-refractivity contribution is 0.162. The Morgan fingerprint density at radius 2 is 0.750 bits per heavy atom. The molecule has 0 rings (SSSR count). The number of hydrogen-bond donors (Lipinski definition) is 1. The summed E-state index contributed by atoms with van der Waals surface area (Å²) in [6, 6.07) is 0. The Balaban J connectivity index is 3.52. The van der Waals surface area contributed by atoms with Gasteiger partial charge in [-0.3, -0.25) is 4.57 Å². The third kappa shape index (κ3) is 26.4. The van der Waals surface area contributed by atoms with E-state index in [-0.39, 0.29) is 6.10 Å². The van der Waals surface area contributed by atoms with Gasteiger partial charge in [-0.2, -0.15) is 0 Å². The highest BCUT2D eigenvalue weighted by atomic mass is 31.1. The Morgan fingerprint density at radius 1 is 0.500 bits per heavy atom. The van der Waals surface area contributed by atoms with Crippen molar-refractivity contribution in [3.05, 3.63) is 0 Å². The molecule has 0 spiro atoms. The highest BCUT2D eigenvalue weighted by Crippen LogP contribution is 2.25. The van der Waals surface area contributed by atoms with E-state index < -0.39 is 8.25 Å². The molecule has 0 aliphatic heterocycles. The molecule has 0 fully saturated rings. The van der Waals surface area contributed by atoms with Crippen molar-refractivity contribution in [3.8, 4) is 0 Å². The lowest BCUT2D eigenvalue weighted by atomic mass is 10.0. The van der Waals surface area contributed by atoms with Crippen molar-refractivity contribution in [2.24, 2.45) is 0 Å². The predicted molar refractivity (Wildman–Crippen MR) is 143 cm³/mol. The second kappa shape index (κ2) is 27.4. The largest absolute Gasteiger partial charge is 0.326 e. The maximum Gasteiger partial charge on any atom is 0.316 e. The van der Waals surface area contributed by atoms with Gasteiger partial charge in [-0.1, -0.05) is 162 Å². The van der Waals surface area contributed by atoms with E-state index in [1.807, 2.05) is 0 Å². The Hall–Kier alpha value is 0.150. The Kier molecular flexibility index (Phi) is 27.5. The molecule has 0 aromatic rings. The maximum absolute atomic E-state index is 11.2. The van der Waals surface area contributed by atoms with Gasteiger partial charge in [-0.15, -0.1) is 0 Å². The summed E-state index contributed by atoms with van der Waals surface area (Å²) < 4.78 is 16.5. The minimum absolute atomic E-state index is 0.00635. The van der Waals surface area contributed by atoms with Gasteiger partial charge >= 0.3 is 8.25 Å². The zero-order valence-electron chi connectivity index (χ0n) is 22.0. The summed E-state index contributed by atoms with van der Waals surface area (Å²) in [5.74, 6) is 0. The lowest BCUT2D eigenvalue weighted by Gasteiger charge is -2.16. The van der Waals surface area contributed by atoms with Crippen molar-refractivity contribution in [1.29, 1.82) is 0 Å². The Bertz CT molecular complexity index is 376. The molecule has 3 nitrogen and oxygen atoms in total. The smallest absolute Gasteiger partial charge is 0.316 e. The highest BCUT2D eigenvalue weighted by Gasteiger charge is 2.11. The summed E-state index contributed by atoms with van der Waals surface area (Å²) in [4.78, 5) is 9.21. The van der Waals surface area contributed by atoms with Crippen molar-refractivity contribution in [2.45, 2.75) is 180 Å². The van der Waals surface area contributed by atoms with Gasteiger partial charge in [0.1, 0.15) is 0 Å². The van der Waals surface area contributed by atoms with E-state index in [2.05, 4.69) is 13.8 Å². The summed E-state index contributed by atoms with van der Waals surface area (Å²) in [5.41, 5.74) is 0. The van der Waals surface area contributed by atoms with E-state index in [9.17, 15) is 9.46 Å². The molecular weight excluding hydrogens is 415 g/mol. The van der Waals surface area contributed by atoms with Crippen molar-refractivity contribution in [1.82, 2.24) is 0 Å². The standard InChI is InChI=1S/C28H59O3P/c1-3-5-7-9-11-13-15-16-17-19-21-23-25-27-28(31-32(29)30)26-24-22-20-18-14-12-10-8-6-4-2/h28,32H,3-27H2,1-2H3,(H,29,30). The van der Waals surface area contributed by atoms with Gasteiger partial charge < -0.3 is 9.42 Å². The molecule has 0 aliphatic rings. The zero-order valence-corrected chi connectivity index (χ0v) is 23.0. The van der Waals surface area contributed by atoms with Crippen LogP contribution in [0.1, 0.15) is 174 Å². The Labute approximate surface area is 202 Å². The van der Waals surface area contributed by atoms with Crippen LogP contribution in [0.4, 0.5) is 0 Å². The molecule has 0 radical (unpaired) electrons. The minimum Gasteiger partial charge on any atom is -0.326 e. The Morgan fingerprint density at radius 3 is 1.00 bits per heavy atom. The molecule has 1 N–H and O–H groups in total. The summed E-state index contributed by atoms with van der Waals surface area (Å²) in [7, 11) is -2.81. The van der Waals surface area contributed by atoms with Crippen LogP contribution >= 0.6 is 8.25 Å². The van der Waals surface area contributed by atoms with Crippen LogP contribution in [0.3, 0.4) is 0 Å². The first-order valence-electron chi connectivity index (χ1n) is 14.6. The van der Waals surface area contributed by atoms with Crippen LogP contribution in [-0.2, 0) is 9.09 Å². The molecular formula is C28H59O3P. The van der Waals surface area contributed by atoms with Crippen LogP contribution in [0.5, 0.6) is 0 Å². The van der Waals surface area contributed by atoms with Crippen molar-refractivity contribution >= 4 is 8.25 Å². The van der Waals surface area contributed by atoms with Crippen LogP contribution in [-0.4, -0.2) is 11.0 Å². The normalized spacial score (nSPS) is 13.5. The fourth-order valence-electron chi connectivity index (χ4n) is 4.65. The molecule has 2 unspecified atom stereocenters. The molecule has 2 atom stereocenters. The third-order valence-corrected chi connectivity index (χ3v) is 7.31. The van der Waals surface area contributed by atoms with Crippen molar-refractivity contribution in [3.63, 3.8) is 0 Å². The summed E-state index contributed by atoms with van der Waals surface area (Å²) >= 11 is 0. The van der Waals surface area contributed by atoms with Gasteiger partial charge in [0.05, 0.1) is 6.10 Å². The van der Waals surface area contributed by atoms with Crippen LogP contribution in [0.25, 0.3) is 0 Å². The third-order valence-electron chi connectivity index (χ3n) is 6.78. The highest BCUT2D eigenvalue weighted by molar-refractivity contribution is 7.32. The molecule has 4 heteroatoms. The van der Waals surface area contributed by atoms with Gasteiger partial charge in [-0.05, 0) is 12.8 Å². The van der Waals surface area contributed by atoms with Crippen LogP contribution in [0.2, 0.25) is 0 Å². The monoisotopic (exact) mass is 474 g/mol. The predicted octanol–water partition coefficient (Wildman–Crippen LogP) is 10.5. The summed E-state index contributed by atoms with van der Waals surface area (Å²) in [6.07, 6.45) is 32.8. The molecule has 32 heavy (non-hydrogen) atoms. The number of hydrogen-bond acceptors (Lipinski definition) is 2. The first-order chi connectivity index (χ1) is 15.7. The van der Waals surface area contributed by atoms with E-state index in [4.69, 9.17) is 4.52 Å². The van der Waals surface area contributed by atoms with E-state index in [1.54, 1.807) is 0 Å². The maximum atomic E-state index is 11.2. The van der Waals surface area contributed by atoms with Crippen molar-refractivity contribution in [2.75, 3.05) is 0 Å². The lowest BCUT2D eigenvalue weighted by Crippen LogP contribution is -2.09. The average molecular weight is 475 g/mol. The van der Waals surface area contributed by atoms with Crippen LogP contribution in [0, 0.1) is 0 Å². The van der Waals surface area contributed by atoms with E-state index in [0.29, 0.717) is 0 Å². The van der Waals surface area contributed by atoms with E-state index in [0.717, 1.165) is 25.7 Å². The van der Waals surface area contributed by atoms with Gasteiger partial charge in [0.15, 0.2) is 0 Å². The zero-order chi connectivity index (χ0) is 23.5. The molecule has 0 bridgehead atoms. The topological polar surface area (TPSA) is 46.5 Å². The SMILES string of the molecule is CCCCCCCCCCCCCCCC(CCCCCCCCCCCC)O[PH](=O)O. The van der Waals surface area contributed by atoms with E-state index in [1.165, 1.54) is 135 Å². The molecule has 0 aliphatic carbocycles. The fourth-order valence-corrected chi connectivity index (χ4v) is 5.17. The molecule has 194 valence electrons. The second-order valence-electron chi connectivity index (χ2n) is 10.0. The molecule has 0 heterocycles. The van der Waals surface area contributed by atoms with Gasteiger partial charge in [0.2, 0.25) is 0 Å². The van der Waals surface area contributed by atoms with Gasteiger partial charge in [0.25, 0.3) is 0 Å². The van der Waals surface area contributed by atoms with Gasteiger partial charge in [-0.25, -0.2) is 0 Å². The molecule has 0 aromatic carbocycles. The first-order valence-corrected chi connectivity index (χ1v) is 15.9. The van der Waals surface area contributed by atoms with Crippen LogP contribution in [0.15, 0.2) is 0 Å². The van der Waals surface area contributed by atoms with Crippen LogP contribution < -0.4 is 0 Å².